The Labute approximate surface area is 99.6 Å². The van der Waals surface area contributed by atoms with Gasteiger partial charge in [0.05, 0.1) is 6.20 Å². The van der Waals surface area contributed by atoms with Crippen LogP contribution in [0.25, 0.3) is 0 Å². The molecule has 1 fully saturated rings. The summed E-state index contributed by atoms with van der Waals surface area (Å²) in [5.74, 6) is 0. The van der Waals surface area contributed by atoms with E-state index in [-0.39, 0.29) is 16.3 Å². The van der Waals surface area contributed by atoms with Gasteiger partial charge in [-0.3, -0.25) is 5.10 Å². The molecular formula is C9H14ClN3O2S. The summed E-state index contributed by atoms with van der Waals surface area (Å²) in [6, 6.07) is -0.171. The van der Waals surface area contributed by atoms with Crippen LogP contribution < -0.4 is 4.72 Å². The lowest BCUT2D eigenvalue weighted by molar-refractivity contribution is 0.418. The van der Waals surface area contributed by atoms with Gasteiger partial charge in [-0.15, -0.1) is 11.6 Å². The van der Waals surface area contributed by atoms with E-state index in [9.17, 15) is 8.42 Å². The van der Waals surface area contributed by atoms with Crippen molar-refractivity contribution in [2.45, 2.75) is 42.0 Å². The number of halogens is 1. The van der Waals surface area contributed by atoms with Gasteiger partial charge in [0.2, 0.25) is 10.0 Å². The molecule has 1 aromatic heterocycles. The van der Waals surface area contributed by atoms with Gasteiger partial charge in [-0.1, -0.05) is 12.8 Å². The van der Waals surface area contributed by atoms with Gasteiger partial charge in [-0.25, -0.2) is 13.1 Å². The molecule has 2 N–H and O–H groups in total. The second-order valence-electron chi connectivity index (χ2n) is 3.96. The second kappa shape index (κ2) is 4.73. The van der Waals surface area contributed by atoms with E-state index in [1.165, 1.54) is 12.4 Å². The van der Waals surface area contributed by atoms with E-state index >= 15 is 0 Å². The first-order valence-electron chi connectivity index (χ1n) is 5.25. The Morgan fingerprint density at radius 1 is 1.44 bits per heavy atom. The second-order valence-corrected chi connectivity index (χ2v) is 6.24. The Morgan fingerprint density at radius 3 is 2.81 bits per heavy atom. The van der Waals surface area contributed by atoms with E-state index in [0.29, 0.717) is 0 Å². The van der Waals surface area contributed by atoms with Crippen molar-refractivity contribution in [1.82, 2.24) is 14.9 Å². The minimum absolute atomic E-state index is 0.115. The van der Waals surface area contributed by atoms with Crippen molar-refractivity contribution in [1.29, 1.82) is 0 Å². The third-order valence-electron chi connectivity index (χ3n) is 2.77. The van der Waals surface area contributed by atoms with E-state index in [2.05, 4.69) is 14.9 Å². The average molecular weight is 264 g/mol. The molecule has 0 aliphatic heterocycles. The van der Waals surface area contributed by atoms with Crippen molar-refractivity contribution in [2.24, 2.45) is 0 Å². The standard InChI is InChI=1S/C9H14ClN3O2S/c10-8-3-1-2-4-9(8)13-16(14,15)7-5-11-12-6-7/h5-6,8-9,13H,1-4H2,(H,11,12). The minimum atomic E-state index is -3.48. The molecule has 5 nitrogen and oxygen atoms in total. The molecule has 1 saturated carbocycles. The summed E-state index contributed by atoms with van der Waals surface area (Å²) >= 11 is 6.10. The Kier molecular flexibility index (Phi) is 3.51. The van der Waals surface area contributed by atoms with Crippen LogP contribution in [0.4, 0.5) is 0 Å². The Balaban J connectivity index is 2.09. The van der Waals surface area contributed by atoms with Gasteiger partial charge in [0, 0.05) is 17.6 Å². The topological polar surface area (TPSA) is 74.8 Å². The Bertz CT molecular complexity index is 432. The first-order chi connectivity index (χ1) is 7.59. The molecular weight excluding hydrogens is 250 g/mol. The quantitative estimate of drug-likeness (QED) is 0.806. The first kappa shape index (κ1) is 11.9. The van der Waals surface area contributed by atoms with Crippen molar-refractivity contribution in [3.05, 3.63) is 12.4 Å². The summed E-state index contributed by atoms with van der Waals surface area (Å²) in [4.78, 5) is 0.155. The fraction of sp³-hybridized carbons (Fsp3) is 0.667. The molecule has 16 heavy (non-hydrogen) atoms. The van der Waals surface area contributed by atoms with Crippen LogP contribution in [0.5, 0.6) is 0 Å². The van der Waals surface area contributed by atoms with E-state index < -0.39 is 10.0 Å². The number of nitrogens with one attached hydrogen (secondary N) is 2. The fourth-order valence-electron chi connectivity index (χ4n) is 1.87. The van der Waals surface area contributed by atoms with Gasteiger partial charge in [-0.2, -0.15) is 5.10 Å². The molecule has 2 atom stereocenters. The number of nitrogens with zero attached hydrogens (tertiary/aromatic N) is 1. The van der Waals surface area contributed by atoms with Crippen LogP contribution in [0.3, 0.4) is 0 Å². The van der Waals surface area contributed by atoms with Gasteiger partial charge in [-0.05, 0) is 12.8 Å². The largest absolute Gasteiger partial charge is 0.284 e. The lowest BCUT2D eigenvalue weighted by Crippen LogP contribution is -2.42. The van der Waals surface area contributed by atoms with E-state index in [1.807, 2.05) is 0 Å². The number of aromatic nitrogens is 2. The van der Waals surface area contributed by atoms with Crippen molar-refractivity contribution in [3.63, 3.8) is 0 Å². The van der Waals surface area contributed by atoms with Crippen molar-refractivity contribution >= 4 is 21.6 Å². The fourth-order valence-corrected chi connectivity index (χ4v) is 3.51. The summed E-state index contributed by atoms with van der Waals surface area (Å²) in [6.07, 6.45) is 6.38. The number of rotatable bonds is 3. The zero-order valence-electron chi connectivity index (χ0n) is 8.69. The predicted molar refractivity (Wildman–Crippen MR) is 60.8 cm³/mol. The summed E-state index contributed by atoms with van der Waals surface area (Å²) in [5.41, 5.74) is 0. The van der Waals surface area contributed by atoms with Crippen molar-refractivity contribution in [2.75, 3.05) is 0 Å². The number of hydrogen-bond acceptors (Lipinski definition) is 3. The first-order valence-corrected chi connectivity index (χ1v) is 7.17. The zero-order chi connectivity index (χ0) is 11.6. The highest BCUT2D eigenvalue weighted by Gasteiger charge is 2.28. The summed E-state index contributed by atoms with van der Waals surface area (Å²) in [6.45, 7) is 0. The van der Waals surface area contributed by atoms with Gasteiger partial charge in [0.1, 0.15) is 4.90 Å². The van der Waals surface area contributed by atoms with Crippen LogP contribution in [-0.4, -0.2) is 30.0 Å². The molecule has 1 heterocycles. The van der Waals surface area contributed by atoms with Crippen LogP contribution in [0.2, 0.25) is 0 Å². The van der Waals surface area contributed by atoms with E-state index in [1.54, 1.807) is 0 Å². The Hall–Kier alpha value is -0.590. The van der Waals surface area contributed by atoms with Crippen LogP contribution in [-0.2, 0) is 10.0 Å². The third-order valence-corrected chi connectivity index (χ3v) is 4.75. The normalized spacial score (nSPS) is 26.8. The number of H-pyrrole nitrogens is 1. The molecule has 2 rings (SSSR count). The van der Waals surface area contributed by atoms with Crippen LogP contribution in [0.15, 0.2) is 17.3 Å². The number of aromatic amines is 1. The van der Waals surface area contributed by atoms with Gasteiger partial charge in [0.15, 0.2) is 0 Å². The molecule has 0 radical (unpaired) electrons. The lowest BCUT2D eigenvalue weighted by atomic mass is 9.96. The highest BCUT2D eigenvalue weighted by atomic mass is 35.5. The van der Waals surface area contributed by atoms with E-state index in [4.69, 9.17) is 11.6 Å². The lowest BCUT2D eigenvalue weighted by Gasteiger charge is -2.27. The molecule has 0 aromatic carbocycles. The van der Waals surface area contributed by atoms with Gasteiger partial charge >= 0.3 is 0 Å². The molecule has 7 heteroatoms. The molecule has 1 aliphatic carbocycles. The molecule has 0 spiro atoms. The summed E-state index contributed by atoms with van der Waals surface area (Å²) in [5, 5.41) is 5.99. The average Bonchev–Trinajstić information content (AvgIpc) is 2.75. The van der Waals surface area contributed by atoms with Crippen LogP contribution in [0.1, 0.15) is 25.7 Å². The zero-order valence-corrected chi connectivity index (χ0v) is 10.3. The maximum atomic E-state index is 11.9. The van der Waals surface area contributed by atoms with Gasteiger partial charge in [0.25, 0.3) is 0 Å². The summed E-state index contributed by atoms with van der Waals surface area (Å²) < 4.78 is 26.4. The maximum Gasteiger partial charge on any atom is 0.243 e. The third kappa shape index (κ3) is 2.56. The number of sulfonamides is 1. The SMILES string of the molecule is O=S(=O)(NC1CCCCC1Cl)c1cn[nH]c1. The minimum Gasteiger partial charge on any atom is -0.284 e. The van der Waals surface area contributed by atoms with Crippen molar-refractivity contribution in [3.8, 4) is 0 Å². The van der Waals surface area contributed by atoms with Crippen molar-refractivity contribution < 1.29 is 8.42 Å². The molecule has 0 amide bonds. The monoisotopic (exact) mass is 263 g/mol. The molecule has 90 valence electrons. The molecule has 0 bridgehead atoms. The highest BCUT2D eigenvalue weighted by molar-refractivity contribution is 7.89. The molecule has 2 unspecified atom stereocenters. The molecule has 1 aliphatic rings. The maximum absolute atomic E-state index is 11.9. The summed E-state index contributed by atoms with van der Waals surface area (Å²) in [7, 11) is -3.48. The predicted octanol–water partition coefficient (Wildman–Crippen LogP) is 1.24. The van der Waals surface area contributed by atoms with E-state index in [0.717, 1.165) is 25.7 Å². The van der Waals surface area contributed by atoms with Crippen LogP contribution in [0, 0.1) is 0 Å². The number of alkyl halides is 1. The smallest absolute Gasteiger partial charge is 0.243 e. The van der Waals surface area contributed by atoms with Gasteiger partial charge < -0.3 is 0 Å². The van der Waals surface area contributed by atoms with Crippen LogP contribution >= 0.6 is 11.6 Å². The molecule has 0 saturated heterocycles. The molecule has 1 aromatic rings. The Morgan fingerprint density at radius 2 is 2.19 bits per heavy atom. The number of hydrogen-bond donors (Lipinski definition) is 2. The highest BCUT2D eigenvalue weighted by Crippen LogP contribution is 2.24.